The molecule has 0 radical (unpaired) electrons. The maximum absolute atomic E-state index is 14.1. The third-order valence-corrected chi connectivity index (χ3v) is 3.39. The first-order valence-electron chi connectivity index (χ1n) is 7.51. The van der Waals surface area contributed by atoms with Crippen LogP contribution in [0.4, 0.5) is 14.5 Å². The average Bonchev–Trinajstić information content (AvgIpc) is 2.39. The van der Waals surface area contributed by atoms with E-state index in [0.717, 1.165) is 24.6 Å². The zero-order valence-electron chi connectivity index (χ0n) is 13.6. The zero-order chi connectivity index (χ0) is 16.3. The van der Waals surface area contributed by atoms with Crippen LogP contribution in [0.2, 0.25) is 0 Å². The largest absolute Gasteiger partial charge is 0.384 e. The number of fused-ring (bicyclic) bond motifs is 1. The van der Waals surface area contributed by atoms with Gasteiger partial charge in [-0.25, -0.2) is 8.78 Å². The first kappa shape index (κ1) is 16.6. The number of rotatable bonds is 5. The van der Waals surface area contributed by atoms with Crippen LogP contribution in [-0.4, -0.2) is 23.6 Å². The molecule has 1 aromatic heterocycles. The Morgan fingerprint density at radius 2 is 1.86 bits per heavy atom. The average molecular weight is 307 g/mol. The second kappa shape index (κ2) is 6.57. The smallest absolute Gasteiger partial charge is 0.137 e. The maximum atomic E-state index is 14.1. The molecule has 0 saturated carbocycles. The highest BCUT2D eigenvalue weighted by molar-refractivity contribution is 5.93. The van der Waals surface area contributed by atoms with Crippen LogP contribution >= 0.6 is 0 Å². The Labute approximate surface area is 130 Å². The number of pyridine rings is 1. The van der Waals surface area contributed by atoms with E-state index in [1.54, 1.807) is 6.20 Å². The van der Waals surface area contributed by atoms with Crippen molar-refractivity contribution in [2.24, 2.45) is 0 Å². The van der Waals surface area contributed by atoms with E-state index in [-0.39, 0.29) is 5.54 Å². The van der Waals surface area contributed by atoms with Gasteiger partial charge in [0.25, 0.3) is 0 Å². The number of hydrogen-bond donors (Lipinski definition) is 2. The predicted octanol–water partition coefficient (Wildman–Crippen LogP) is 4.01. The highest BCUT2D eigenvalue weighted by Gasteiger charge is 2.12. The van der Waals surface area contributed by atoms with Crippen molar-refractivity contribution in [2.75, 3.05) is 18.4 Å². The molecule has 0 unspecified atom stereocenters. The quantitative estimate of drug-likeness (QED) is 0.820. The van der Waals surface area contributed by atoms with Crippen molar-refractivity contribution in [2.45, 2.75) is 39.7 Å². The summed E-state index contributed by atoms with van der Waals surface area (Å²) < 4.78 is 27.4. The number of nitrogens with zero attached hydrogens (tertiary/aromatic N) is 1. The van der Waals surface area contributed by atoms with E-state index in [9.17, 15) is 8.78 Å². The van der Waals surface area contributed by atoms with E-state index < -0.39 is 11.6 Å². The van der Waals surface area contributed by atoms with Gasteiger partial charge in [0, 0.05) is 30.4 Å². The standard InChI is InChI=1S/C17H23F2N3/c1-11-10-21-14-9-12(18)8-13(19)15(14)16(11)20-6-5-7-22-17(2,3)4/h8-10,22H,5-7H2,1-4H3,(H,20,21). The Balaban J connectivity index is 2.12. The normalized spacial score (nSPS) is 11.9. The lowest BCUT2D eigenvalue weighted by atomic mass is 10.1. The summed E-state index contributed by atoms with van der Waals surface area (Å²) in [5, 5.41) is 7.01. The first-order valence-corrected chi connectivity index (χ1v) is 7.51. The third-order valence-electron chi connectivity index (χ3n) is 3.39. The summed E-state index contributed by atoms with van der Waals surface area (Å²) in [4.78, 5) is 4.11. The van der Waals surface area contributed by atoms with Crippen LogP contribution < -0.4 is 10.6 Å². The topological polar surface area (TPSA) is 37.0 Å². The lowest BCUT2D eigenvalue weighted by molar-refractivity contribution is 0.425. The molecule has 0 amide bonds. The number of benzene rings is 1. The fraction of sp³-hybridized carbons (Fsp3) is 0.471. The van der Waals surface area contributed by atoms with Crippen LogP contribution in [0, 0.1) is 18.6 Å². The molecule has 2 rings (SSSR count). The third kappa shape index (κ3) is 4.13. The molecule has 5 heteroatoms. The maximum Gasteiger partial charge on any atom is 0.137 e. The van der Waals surface area contributed by atoms with E-state index in [4.69, 9.17) is 0 Å². The molecule has 120 valence electrons. The number of nitrogens with one attached hydrogen (secondary N) is 2. The van der Waals surface area contributed by atoms with Crippen LogP contribution in [0.15, 0.2) is 18.3 Å². The highest BCUT2D eigenvalue weighted by Crippen LogP contribution is 2.28. The molecule has 0 fully saturated rings. The number of aryl methyl sites for hydroxylation is 1. The van der Waals surface area contributed by atoms with Gasteiger partial charge in [-0.05, 0) is 46.2 Å². The van der Waals surface area contributed by atoms with Crippen molar-refractivity contribution in [3.63, 3.8) is 0 Å². The van der Waals surface area contributed by atoms with Gasteiger partial charge in [-0.15, -0.1) is 0 Å². The first-order chi connectivity index (χ1) is 10.3. The van der Waals surface area contributed by atoms with Crippen LogP contribution in [0.3, 0.4) is 0 Å². The Morgan fingerprint density at radius 3 is 2.55 bits per heavy atom. The lowest BCUT2D eigenvalue weighted by Crippen LogP contribution is -2.36. The zero-order valence-corrected chi connectivity index (χ0v) is 13.6. The van der Waals surface area contributed by atoms with Gasteiger partial charge >= 0.3 is 0 Å². The van der Waals surface area contributed by atoms with Gasteiger partial charge in [-0.3, -0.25) is 4.98 Å². The molecule has 0 aliphatic carbocycles. The summed E-state index contributed by atoms with van der Waals surface area (Å²) in [6.45, 7) is 9.79. The van der Waals surface area contributed by atoms with Crippen molar-refractivity contribution in [3.8, 4) is 0 Å². The van der Waals surface area contributed by atoms with Gasteiger partial charge in [-0.2, -0.15) is 0 Å². The van der Waals surface area contributed by atoms with Gasteiger partial charge in [0.2, 0.25) is 0 Å². The van der Waals surface area contributed by atoms with E-state index in [0.29, 0.717) is 23.1 Å². The summed E-state index contributed by atoms with van der Waals surface area (Å²) in [5.74, 6) is -1.19. The molecule has 22 heavy (non-hydrogen) atoms. The summed E-state index contributed by atoms with van der Waals surface area (Å²) >= 11 is 0. The number of aromatic nitrogens is 1. The molecule has 2 aromatic rings. The van der Waals surface area contributed by atoms with Crippen molar-refractivity contribution >= 4 is 16.6 Å². The predicted molar refractivity (Wildman–Crippen MR) is 87.3 cm³/mol. The molecule has 0 aliphatic heterocycles. The molecule has 0 bridgehead atoms. The van der Waals surface area contributed by atoms with Gasteiger partial charge < -0.3 is 10.6 Å². The summed E-state index contributed by atoms with van der Waals surface area (Å²) in [6.07, 6.45) is 2.54. The summed E-state index contributed by atoms with van der Waals surface area (Å²) in [6, 6.07) is 2.15. The highest BCUT2D eigenvalue weighted by atomic mass is 19.1. The van der Waals surface area contributed by atoms with Crippen molar-refractivity contribution in [1.82, 2.24) is 10.3 Å². The molecule has 0 saturated heterocycles. The van der Waals surface area contributed by atoms with Crippen molar-refractivity contribution in [1.29, 1.82) is 0 Å². The molecule has 0 aliphatic rings. The molecule has 3 nitrogen and oxygen atoms in total. The van der Waals surface area contributed by atoms with Crippen LogP contribution in [-0.2, 0) is 0 Å². The van der Waals surface area contributed by atoms with Gasteiger partial charge in [0.1, 0.15) is 11.6 Å². The molecule has 1 heterocycles. The van der Waals surface area contributed by atoms with Gasteiger partial charge in [-0.1, -0.05) is 0 Å². The number of hydrogen-bond acceptors (Lipinski definition) is 3. The van der Waals surface area contributed by atoms with Gasteiger partial charge in [0.05, 0.1) is 16.6 Å². The number of anilines is 1. The minimum atomic E-state index is -0.610. The summed E-state index contributed by atoms with van der Waals surface area (Å²) in [5.41, 5.74) is 1.96. The van der Waals surface area contributed by atoms with Crippen LogP contribution in [0.1, 0.15) is 32.8 Å². The summed E-state index contributed by atoms with van der Waals surface area (Å²) in [7, 11) is 0. The Hall–Kier alpha value is -1.75. The fourth-order valence-electron chi connectivity index (χ4n) is 2.33. The van der Waals surface area contributed by atoms with E-state index in [1.165, 1.54) is 6.07 Å². The van der Waals surface area contributed by atoms with Gasteiger partial charge in [0.15, 0.2) is 0 Å². The van der Waals surface area contributed by atoms with Crippen molar-refractivity contribution in [3.05, 3.63) is 35.5 Å². The van der Waals surface area contributed by atoms with E-state index >= 15 is 0 Å². The minimum Gasteiger partial charge on any atom is -0.384 e. The molecule has 0 spiro atoms. The second-order valence-electron chi connectivity index (χ2n) is 6.56. The molecule has 1 aromatic carbocycles. The number of halogens is 2. The van der Waals surface area contributed by atoms with E-state index in [1.807, 2.05) is 6.92 Å². The van der Waals surface area contributed by atoms with Crippen molar-refractivity contribution < 1.29 is 8.78 Å². The Morgan fingerprint density at radius 1 is 1.14 bits per heavy atom. The SMILES string of the molecule is Cc1cnc2cc(F)cc(F)c2c1NCCCNC(C)(C)C. The molecule has 0 atom stereocenters. The van der Waals surface area contributed by atoms with Crippen LogP contribution in [0.5, 0.6) is 0 Å². The lowest BCUT2D eigenvalue weighted by Gasteiger charge is -2.20. The van der Waals surface area contributed by atoms with E-state index in [2.05, 4.69) is 36.4 Å². The van der Waals surface area contributed by atoms with Crippen LogP contribution in [0.25, 0.3) is 10.9 Å². The molecular formula is C17H23F2N3. The monoisotopic (exact) mass is 307 g/mol. The second-order valence-corrected chi connectivity index (χ2v) is 6.56. The Bertz CT molecular complexity index is 663. The Kier molecular flexibility index (Phi) is 4.96. The minimum absolute atomic E-state index is 0.0862. The molecular weight excluding hydrogens is 284 g/mol. The molecule has 2 N–H and O–H groups in total. The fourth-order valence-corrected chi connectivity index (χ4v) is 2.33.